The summed E-state index contributed by atoms with van der Waals surface area (Å²) in [6.45, 7) is 6.05. The van der Waals surface area contributed by atoms with Gasteiger partial charge in [0, 0.05) is 3.58 Å². The van der Waals surface area contributed by atoms with Gasteiger partial charge in [0.1, 0.15) is 11.5 Å². The van der Waals surface area contributed by atoms with E-state index in [0.29, 0.717) is 17.4 Å². The molecule has 2 unspecified atom stereocenters. The van der Waals surface area contributed by atoms with Gasteiger partial charge in [0.2, 0.25) is 0 Å². The maximum absolute atomic E-state index is 10.9. The monoisotopic (exact) mass is 464 g/mol. The van der Waals surface area contributed by atoms with E-state index in [4.69, 9.17) is 14.5 Å². The minimum Gasteiger partial charge on any atom is -0.507 e. The second-order valence-corrected chi connectivity index (χ2v) is 8.97. The van der Waals surface area contributed by atoms with Gasteiger partial charge in [-0.2, -0.15) is 0 Å². The zero-order valence-electron chi connectivity index (χ0n) is 13.9. The number of hydrogen-bond donors (Lipinski definition) is 3. The fraction of sp³-hybridized carbons (Fsp3) is 0.412. The first kappa shape index (κ1) is 19.5. The van der Waals surface area contributed by atoms with Crippen LogP contribution in [-0.2, 0) is 11.0 Å². The standard InChI is InChI=1S/C17H22IO5P/c1-10-6-14(23-9-24(20,21)22)7-11(2)15(10)8-13-4-5-16(19)17(18)12(13)3/h4-7,12-13,19H,8-9H2,1-3H3,(H2,20,21,22). The van der Waals surface area contributed by atoms with Crippen LogP contribution >= 0.6 is 30.2 Å². The first-order chi connectivity index (χ1) is 11.1. The molecule has 0 saturated heterocycles. The van der Waals surface area contributed by atoms with Crippen LogP contribution in [0.15, 0.2) is 33.6 Å². The summed E-state index contributed by atoms with van der Waals surface area (Å²) in [4.78, 5) is 17.8. The average molecular weight is 464 g/mol. The lowest BCUT2D eigenvalue weighted by molar-refractivity contribution is 0.300. The molecule has 0 amide bonds. The number of halogens is 1. The van der Waals surface area contributed by atoms with Crippen molar-refractivity contribution in [2.24, 2.45) is 11.8 Å². The van der Waals surface area contributed by atoms with E-state index in [1.807, 2.05) is 32.1 Å². The van der Waals surface area contributed by atoms with E-state index < -0.39 is 13.9 Å². The SMILES string of the molecule is Cc1cc(OCP(=O)(O)O)cc(C)c1CC1C=CC(O)=C(I)C1C. The Labute approximate surface area is 155 Å². The van der Waals surface area contributed by atoms with Gasteiger partial charge in [0.05, 0.1) is 0 Å². The molecule has 7 heteroatoms. The lowest BCUT2D eigenvalue weighted by atomic mass is 9.82. The number of benzene rings is 1. The van der Waals surface area contributed by atoms with E-state index in [1.165, 1.54) is 5.56 Å². The van der Waals surface area contributed by atoms with Crippen molar-refractivity contribution in [3.05, 3.63) is 50.3 Å². The Morgan fingerprint density at radius 3 is 2.38 bits per heavy atom. The fourth-order valence-electron chi connectivity index (χ4n) is 2.88. The quantitative estimate of drug-likeness (QED) is 0.445. The van der Waals surface area contributed by atoms with Crippen molar-refractivity contribution >= 4 is 30.2 Å². The Morgan fingerprint density at radius 2 is 1.83 bits per heavy atom. The van der Waals surface area contributed by atoms with Crippen molar-refractivity contribution < 1.29 is 24.2 Å². The average Bonchev–Trinajstić information content (AvgIpc) is 2.48. The van der Waals surface area contributed by atoms with Crippen molar-refractivity contribution in [1.29, 1.82) is 0 Å². The van der Waals surface area contributed by atoms with Crippen LogP contribution in [0.3, 0.4) is 0 Å². The second-order valence-electron chi connectivity index (χ2n) is 6.22. The molecule has 0 heterocycles. The molecule has 0 aliphatic heterocycles. The zero-order valence-corrected chi connectivity index (χ0v) is 16.9. The number of rotatable bonds is 5. The molecule has 5 nitrogen and oxygen atoms in total. The summed E-state index contributed by atoms with van der Waals surface area (Å²) in [5.74, 6) is 1.36. The number of allylic oxidation sites excluding steroid dienone is 3. The van der Waals surface area contributed by atoms with Crippen molar-refractivity contribution in [2.45, 2.75) is 27.2 Å². The van der Waals surface area contributed by atoms with E-state index in [1.54, 1.807) is 6.08 Å². The van der Waals surface area contributed by atoms with Crippen molar-refractivity contribution in [1.82, 2.24) is 0 Å². The van der Waals surface area contributed by atoms with Gasteiger partial charge in [0.15, 0.2) is 6.35 Å². The van der Waals surface area contributed by atoms with E-state index in [2.05, 4.69) is 29.5 Å². The van der Waals surface area contributed by atoms with Gasteiger partial charge in [-0.3, -0.25) is 4.57 Å². The molecule has 3 N–H and O–H groups in total. The number of ether oxygens (including phenoxy) is 1. The van der Waals surface area contributed by atoms with E-state index in [-0.39, 0.29) is 5.92 Å². The third kappa shape index (κ3) is 4.85. The number of aliphatic hydroxyl groups is 1. The summed E-state index contributed by atoms with van der Waals surface area (Å²) in [5.41, 5.74) is 3.26. The largest absolute Gasteiger partial charge is 0.507 e. The molecule has 0 aromatic heterocycles. The van der Waals surface area contributed by atoms with Gasteiger partial charge in [0.25, 0.3) is 0 Å². The van der Waals surface area contributed by atoms with Gasteiger partial charge in [-0.25, -0.2) is 0 Å². The third-order valence-electron chi connectivity index (χ3n) is 4.30. The normalized spacial score (nSPS) is 21.2. The van der Waals surface area contributed by atoms with Crippen LogP contribution in [0.25, 0.3) is 0 Å². The van der Waals surface area contributed by atoms with Crippen LogP contribution in [-0.4, -0.2) is 21.2 Å². The van der Waals surface area contributed by atoms with Crippen LogP contribution in [0.4, 0.5) is 0 Å². The lowest BCUT2D eigenvalue weighted by Gasteiger charge is -2.26. The van der Waals surface area contributed by atoms with Gasteiger partial charge in [-0.1, -0.05) is 13.0 Å². The molecule has 0 fully saturated rings. The highest BCUT2D eigenvalue weighted by molar-refractivity contribution is 14.1. The van der Waals surface area contributed by atoms with Crippen LogP contribution in [0.2, 0.25) is 0 Å². The Bertz CT molecular complexity index is 711. The predicted molar refractivity (Wildman–Crippen MR) is 103 cm³/mol. The molecule has 1 aromatic rings. The number of hydrogen-bond acceptors (Lipinski definition) is 3. The smallest absolute Gasteiger partial charge is 0.362 e. The van der Waals surface area contributed by atoms with E-state index >= 15 is 0 Å². The maximum Gasteiger partial charge on any atom is 0.362 e. The molecular weight excluding hydrogens is 442 g/mol. The van der Waals surface area contributed by atoms with Crippen LogP contribution in [0, 0.1) is 25.7 Å². The molecule has 1 aliphatic rings. The van der Waals surface area contributed by atoms with Gasteiger partial charge < -0.3 is 19.6 Å². The first-order valence-electron chi connectivity index (χ1n) is 7.63. The second kappa shape index (κ2) is 7.60. The van der Waals surface area contributed by atoms with Crippen molar-refractivity contribution in [3.8, 4) is 5.75 Å². The molecule has 0 bridgehead atoms. The number of aryl methyl sites for hydroxylation is 2. The van der Waals surface area contributed by atoms with E-state index in [9.17, 15) is 9.67 Å². The van der Waals surface area contributed by atoms with Crippen LogP contribution in [0.1, 0.15) is 23.6 Å². The summed E-state index contributed by atoms with van der Waals surface area (Å²) < 4.78 is 17.1. The minimum absolute atomic E-state index is 0.250. The zero-order chi connectivity index (χ0) is 18.1. The van der Waals surface area contributed by atoms with Crippen molar-refractivity contribution in [3.63, 3.8) is 0 Å². The molecule has 2 rings (SSSR count). The van der Waals surface area contributed by atoms with Gasteiger partial charge in [-0.05, 0) is 89.6 Å². The molecule has 0 radical (unpaired) electrons. The summed E-state index contributed by atoms with van der Waals surface area (Å²) >= 11 is 2.19. The highest BCUT2D eigenvalue weighted by atomic mass is 127. The van der Waals surface area contributed by atoms with E-state index in [0.717, 1.165) is 21.1 Å². The number of aliphatic hydroxyl groups excluding tert-OH is 1. The molecule has 132 valence electrons. The first-order valence-corrected chi connectivity index (χ1v) is 10.5. The predicted octanol–water partition coefficient (Wildman–Crippen LogP) is 4.39. The Kier molecular flexibility index (Phi) is 6.18. The van der Waals surface area contributed by atoms with Gasteiger partial charge in [-0.15, -0.1) is 0 Å². The molecular formula is C17H22IO5P. The summed E-state index contributed by atoms with van der Waals surface area (Å²) in [7, 11) is -4.18. The molecule has 1 aromatic carbocycles. The Hall–Kier alpha value is -0.820. The molecule has 1 aliphatic carbocycles. The fourth-order valence-corrected chi connectivity index (χ4v) is 3.84. The van der Waals surface area contributed by atoms with Crippen LogP contribution in [0.5, 0.6) is 5.75 Å². The minimum atomic E-state index is -4.18. The molecule has 24 heavy (non-hydrogen) atoms. The van der Waals surface area contributed by atoms with Crippen molar-refractivity contribution in [2.75, 3.05) is 6.35 Å². The molecule has 0 saturated carbocycles. The summed E-state index contributed by atoms with van der Waals surface area (Å²) in [6.07, 6.45) is 4.03. The highest BCUT2D eigenvalue weighted by Gasteiger charge is 2.24. The Balaban J connectivity index is 2.18. The molecule has 2 atom stereocenters. The Morgan fingerprint density at radius 1 is 1.25 bits per heavy atom. The maximum atomic E-state index is 10.9. The summed E-state index contributed by atoms with van der Waals surface area (Å²) in [5, 5.41) is 9.81. The van der Waals surface area contributed by atoms with Crippen LogP contribution < -0.4 is 4.74 Å². The third-order valence-corrected chi connectivity index (χ3v) is 6.30. The topological polar surface area (TPSA) is 87.0 Å². The molecule has 0 spiro atoms. The highest BCUT2D eigenvalue weighted by Crippen LogP contribution is 2.38. The van der Waals surface area contributed by atoms with Gasteiger partial charge >= 0.3 is 7.60 Å². The summed E-state index contributed by atoms with van der Waals surface area (Å²) in [6, 6.07) is 3.63. The lowest BCUT2D eigenvalue weighted by Crippen LogP contribution is -2.17.